The van der Waals surface area contributed by atoms with Crippen molar-refractivity contribution in [3.05, 3.63) is 71.8 Å². The Hall–Kier alpha value is -3.59. The lowest BCUT2D eigenvalue weighted by atomic mass is 10.1. The van der Waals surface area contributed by atoms with E-state index in [9.17, 15) is 18.0 Å². The summed E-state index contributed by atoms with van der Waals surface area (Å²) in [5, 5.41) is 2.04. The van der Waals surface area contributed by atoms with Crippen molar-refractivity contribution in [1.82, 2.24) is 10.9 Å². The van der Waals surface area contributed by atoms with Crippen molar-refractivity contribution >= 4 is 38.3 Å². The largest absolute Gasteiger partial charge is 0.481 e. The van der Waals surface area contributed by atoms with Crippen LogP contribution in [0.3, 0.4) is 0 Å². The van der Waals surface area contributed by atoms with Crippen molar-refractivity contribution in [2.45, 2.75) is 20.0 Å². The second-order valence-corrected chi connectivity index (χ2v) is 8.86. The first kappa shape index (κ1) is 22.1. The molecule has 0 aliphatic carbocycles. The molecule has 0 fully saturated rings. The number of anilines is 1. The highest BCUT2D eigenvalue weighted by atomic mass is 32.2. The lowest BCUT2D eigenvalue weighted by Crippen LogP contribution is -2.47. The van der Waals surface area contributed by atoms with E-state index in [1.54, 1.807) is 26.0 Å². The van der Waals surface area contributed by atoms with Crippen LogP contribution in [0.25, 0.3) is 10.8 Å². The van der Waals surface area contributed by atoms with E-state index < -0.39 is 27.9 Å². The predicted molar refractivity (Wildman–Crippen MR) is 119 cm³/mol. The fraction of sp³-hybridized carbons (Fsp3) is 0.182. The van der Waals surface area contributed by atoms with Gasteiger partial charge in [-0.05, 0) is 54.4 Å². The van der Waals surface area contributed by atoms with Gasteiger partial charge in [-0.1, -0.05) is 36.4 Å². The highest BCUT2D eigenvalue weighted by Crippen LogP contribution is 2.21. The molecule has 0 aromatic heterocycles. The molecule has 0 heterocycles. The molecule has 0 spiro atoms. The average molecular weight is 442 g/mol. The Balaban J connectivity index is 1.60. The summed E-state index contributed by atoms with van der Waals surface area (Å²) >= 11 is 0. The van der Waals surface area contributed by atoms with Crippen molar-refractivity contribution in [1.29, 1.82) is 0 Å². The standard InChI is InChI=1S/C22H23N3O5S/c1-14-8-9-18(13-20(14)25-31(3,28)29)22(27)24-23-21(26)15(2)30-19-11-10-16-6-4-5-7-17(16)12-19/h4-13,15,25H,1-3H3,(H,23,26)(H,24,27). The summed E-state index contributed by atoms with van der Waals surface area (Å²) < 4.78 is 31.0. The van der Waals surface area contributed by atoms with E-state index in [1.165, 1.54) is 12.1 Å². The summed E-state index contributed by atoms with van der Waals surface area (Å²) in [7, 11) is -3.49. The van der Waals surface area contributed by atoms with Crippen LogP contribution < -0.4 is 20.3 Å². The molecule has 3 rings (SSSR count). The number of amides is 2. The van der Waals surface area contributed by atoms with Gasteiger partial charge in [-0.3, -0.25) is 25.2 Å². The molecule has 3 aromatic carbocycles. The van der Waals surface area contributed by atoms with Gasteiger partial charge in [-0.15, -0.1) is 0 Å². The fourth-order valence-electron chi connectivity index (χ4n) is 2.86. The maximum Gasteiger partial charge on any atom is 0.279 e. The zero-order valence-corrected chi connectivity index (χ0v) is 18.1. The van der Waals surface area contributed by atoms with Crippen molar-refractivity contribution < 1.29 is 22.7 Å². The van der Waals surface area contributed by atoms with Crippen LogP contribution in [0.5, 0.6) is 5.75 Å². The van der Waals surface area contributed by atoms with Crippen LogP contribution >= 0.6 is 0 Å². The van der Waals surface area contributed by atoms with Gasteiger partial charge >= 0.3 is 0 Å². The zero-order valence-electron chi connectivity index (χ0n) is 17.3. The van der Waals surface area contributed by atoms with E-state index in [0.29, 0.717) is 11.3 Å². The van der Waals surface area contributed by atoms with Crippen molar-refractivity contribution in [3.8, 4) is 5.75 Å². The molecule has 1 unspecified atom stereocenters. The minimum Gasteiger partial charge on any atom is -0.481 e. The van der Waals surface area contributed by atoms with Gasteiger partial charge in [0.1, 0.15) is 5.75 Å². The van der Waals surface area contributed by atoms with E-state index in [1.807, 2.05) is 36.4 Å². The third-order valence-electron chi connectivity index (χ3n) is 4.50. The monoisotopic (exact) mass is 441 g/mol. The van der Waals surface area contributed by atoms with Crippen molar-refractivity contribution in [3.63, 3.8) is 0 Å². The molecule has 0 aliphatic rings. The Morgan fingerprint density at radius 3 is 2.35 bits per heavy atom. The van der Waals surface area contributed by atoms with Crippen LogP contribution in [0.15, 0.2) is 60.7 Å². The molecule has 3 N–H and O–H groups in total. The Morgan fingerprint density at radius 2 is 1.65 bits per heavy atom. The number of rotatable bonds is 6. The van der Waals surface area contributed by atoms with E-state index >= 15 is 0 Å². The average Bonchev–Trinajstić information content (AvgIpc) is 2.72. The first-order valence-corrected chi connectivity index (χ1v) is 11.4. The SMILES string of the molecule is Cc1ccc(C(=O)NNC(=O)C(C)Oc2ccc3ccccc3c2)cc1NS(C)(=O)=O. The number of carbonyl (C=O) groups is 2. The molecule has 0 bridgehead atoms. The van der Waals surface area contributed by atoms with Gasteiger partial charge in [-0.2, -0.15) is 0 Å². The third-order valence-corrected chi connectivity index (χ3v) is 5.09. The number of hydrogen-bond acceptors (Lipinski definition) is 5. The van der Waals surface area contributed by atoms with Gasteiger partial charge in [0.15, 0.2) is 6.10 Å². The van der Waals surface area contributed by atoms with Crippen LogP contribution in [0.1, 0.15) is 22.8 Å². The molecule has 162 valence electrons. The number of carbonyl (C=O) groups excluding carboxylic acids is 2. The Bertz CT molecular complexity index is 1240. The number of ether oxygens (including phenoxy) is 1. The highest BCUT2D eigenvalue weighted by Gasteiger charge is 2.17. The molecule has 0 saturated carbocycles. The first-order valence-electron chi connectivity index (χ1n) is 9.46. The molecule has 0 radical (unpaired) electrons. The second-order valence-electron chi connectivity index (χ2n) is 7.12. The van der Waals surface area contributed by atoms with Crippen LogP contribution in [0.4, 0.5) is 5.69 Å². The maximum atomic E-state index is 12.4. The van der Waals surface area contributed by atoms with Crippen LogP contribution in [0.2, 0.25) is 0 Å². The van der Waals surface area contributed by atoms with Crippen LogP contribution in [-0.4, -0.2) is 32.6 Å². The predicted octanol–water partition coefficient (Wildman–Crippen LogP) is 2.75. The number of hydrogen-bond donors (Lipinski definition) is 3. The molecule has 0 saturated heterocycles. The van der Waals surface area contributed by atoms with Gasteiger partial charge < -0.3 is 4.74 Å². The minimum absolute atomic E-state index is 0.181. The van der Waals surface area contributed by atoms with E-state index in [2.05, 4.69) is 15.6 Å². The number of benzene rings is 3. The molecule has 9 heteroatoms. The minimum atomic E-state index is -3.49. The molecule has 31 heavy (non-hydrogen) atoms. The van der Waals surface area contributed by atoms with E-state index in [-0.39, 0.29) is 11.3 Å². The van der Waals surface area contributed by atoms with Gasteiger partial charge in [0.2, 0.25) is 10.0 Å². The van der Waals surface area contributed by atoms with Gasteiger partial charge in [0.25, 0.3) is 11.8 Å². The third kappa shape index (κ3) is 5.95. The molecular formula is C22H23N3O5S. The molecule has 1 atom stereocenters. The quantitative estimate of drug-likeness (QED) is 0.509. The second kappa shape index (κ2) is 9.05. The Kier molecular flexibility index (Phi) is 6.45. The zero-order chi connectivity index (χ0) is 22.6. The fourth-order valence-corrected chi connectivity index (χ4v) is 3.48. The summed E-state index contributed by atoms with van der Waals surface area (Å²) in [6.45, 7) is 3.28. The maximum absolute atomic E-state index is 12.4. The molecule has 2 amide bonds. The van der Waals surface area contributed by atoms with Crippen LogP contribution in [-0.2, 0) is 14.8 Å². The first-order chi connectivity index (χ1) is 14.6. The molecule has 3 aromatic rings. The molecule has 0 aliphatic heterocycles. The van der Waals surface area contributed by atoms with E-state index in [0.717, 1.165) is 17.0 Å². The molecule has 8 nitrogen and oxygen atoms in total. The topological polar surface area (TPSA) is 114 Å². The number of hydrazine groups is 1. The highest BCUT2D eigenvalue weighted by molar-refractivity contribution is 7.92. The Morgan fingerprint density at radius 1 is 0.935 bits per heavy atom. The Labute approximate surface area is 180 Å². The summed E-state index contributed by atoms with van der Waals surface area (Å²) in [4.78, 5) is 24.7. The normalized spacial score (nSPS) is 12.1. The van der Waals surface area contributed by atoms with Gasteiger partial charge in [-0.25, -0.2) is 8.42 Å². The number of fused-ring (bicyclic) bond motifs is 1. The van der Waals surface area contributed by atoms with E-state index in [4.69, 9.17) is 4.74 Å². The lowest BCUT2D eigenvalue weighted by molar-refractivity contribution is -0.128. The smallest absolute Gasteiger partial charge is 0.279 e. The van der Waals surface area contributed by atoms with Crippen molar-refractivity contribution in [2.24, 2.45) is 0 Å². The number of aryl methyl sites for hydroxylation is 1. The van der Waals surface area contributed by atoms with Crippen molar-refractivity contribution in [2.75, 3.05) is 11.0 Å². The van der Waals surface area contributed by atoms with Crippen LogP contribution in [0, 0.1) is 6.92 Å². The number of sulfonamides is 1. The summed E-state index contributed by atoms with van der Waals surface area (Å²) in [5.74, 6) is -0.603. The van der Waals surface area contributed by atoms with Gasteiger partial charge in [0.05, 0.1) is 11.9 Å². The summed E-state index contributed by atoms with van der Waals surface area (Å²) in [6, 6.07) is 17.8. The summed E-state index contributed by atoms with van der Waals surface area (Å²) in [5.41, 5.74) is 5.75. The lowest BCUT2D eigenvalue weighted by Gasteiger charge is -2.16. The summed E-state index contributed by atoms with van der Waals surface area (Å²) in [6.07, 6.45) is 0.165. The number of nitrogens with one attached hydrogen (secondary N) is 3. The molecular weight excluding hydrogens is 418 g/mol. The van der Waals surface area contributed by atoms with Gasteiger partial charge in [0, 0.05) is 5.56 Å².